The van der Waals surface area contributed by atoms with Crippen LogP contribution in [0, 0.1) is 17.2 Å². The second kappa shape index (κ2) is 3.91. The number of carbonyl (C=O) groups excluding carboxylic acids is 1. The van der Waals surface area contributed by atoms with Crippen molar-refractivity contribution in [3.8, 4) is 6.07 Å². The molecule has 0 aromatic rings. The molecule has 0 saturated carbocycles. The lowest BCUT2D eigenvalue weighted by molar-refractivity contribution is -0.118. The van der Waals surface area contributed by atoms with Crippen LogP contribution in [0.4, 0.5) is 0 Å². The van der Waals surface area contributed by atoms with E-state index in [0.29, 0.717) is 0 Å². The van der Waals surface area contributed by atoms with Crippen molar-refractivity contribution in [2.24, 2.45) is 11.7 Å². The fourth-order valence-electron chi connectivity index (χ4n) is 0.439. The Bertz CT molecular complexity index is 194. The number of hydrogen-bond donors (Lipinski definition) is 1. The predicted octanol–water partition coefficient (Wildman–Crippen LogP) is 0.406. The number of nitrogens with zero attached hydrogens (tertiary/aromatic N) is 1. The van der Waals surface area contributed by atoms with Crippen LogP contribution in [0.3, 0.4) is 0 Å². The summed E-state index contributed by atoms with van der Waals surface area (Å²) in [4.78, 5) is 10.7. The lowest BCUT2D eigenvalue weighted by atomic mass is 10.1. The van der Waals surface area contributed by atoms with Crippen LogP contribution in [0.2, 0.25) is 0 Å². The van der Waals surface area contributed by atoms with E-state index < -0.39 is 11.7 Å². The van der Waals surface area contributed by atoms with Crippen LogP contribution < -0.4 is 5.73 Å². The molecular weight excluding hydrogens is 152 g/mol. The summed E-state index contributed by atoms with van der Waals surface area (Å²) in [6, 6.07) is 1.69. The Morgan fingerprint density at radius 2 is 2.40 bits per heavy atom. The molecule has 4 heteroatoms. The Kier molecular flexibility index (Phi) is 3.52. The number of rotatable bonds is 3. The van der Waals surface area contributed by atoms with Gasteiger partial charge >= 0.3 is 0 Å². The number of carbonyl (C=O) groups is 1. The summed E-state index contributed by atoms with van der Waals surface area (Å²) in [5.74, 6) is -1.55. The lowest BCUT2D eigenvalue weighted by Gasteiger charge is -2.02. The van der Waals surface area contributed by atoms with Gasteiger partial charge in [-0.15, -0.1) is 11.6 Å². The van der Waals surface area contributed by atoms with Crippen LogP contribution in [0.15, 0.2) is 12.3 Å². The van der Waals surface area contributed by atoms with Crippen LogP contribution >= 0.6 is 11.6 Å². The largest absolute Gasteiger partial charge is 0.401 e. The molecule has 0 bridgehead atoms. The van der Waals surface area contributed by atoms with E-state index in [1.165, 1.54) is 0 Å². The van der Waals surface area contributed by atoms with Crippen molar-refractivity contribution >= 4 is 17.4 Å². The molecule has 54 valence electrons. The SMILES string of the molecule is C=C(N)[C@@H](C#N)C(=O)CCl. The van der Waals surface area contributed by atoms with Gasteiger partial charge < -0.3 is 5.73 Å². The highest BCUT2D eigenvalue weighted by Gasteiger charge is 2.17. The van der Waals surface area contributed by atoms with E-state index in [1.54, 1.807) is 6.07 Å². The predicted molar refractivity (Wildman–Crippen MR) is 38.2 cm³/mol. The van der Waals surface area contributed by atoms with Crippen LogP contribution in [0.25, 0.3) is 0 Å². The first kappa shape index (κ1) is 8.99. The molecule has 0 aliphatic heterocycles. The molecule has 0 aliphatic carbocycles. The highest BCUT2D eigenvalue weighted by atomic mass is 35.5. The van der Waals surface area contributed by atoms with Crippen LogP contribution in [-0.2, 0) is 4.79 Å². The molecule has 0 amide bonds. The molecule has 3 nitrogen and oxygen atoms in total. The molecule has 2 N–H and O–H groups in total. The molecule has 0 radical (unpaired) electrons. The fourth-order valence-corrected chi connectivity index (χ4v) is 0.593. The zero-order valence-corrected chi connectivity index (χ0v) is 6.06. The maximum absolute atomic E-state index is 10.7. The Morgan fingerprint density at radius 3 is 2.50 bits per heavy atom. The summed E-state index contributed by atoms with van der Waals surface area (Å²) in [6.07, 6.45) is 0. The monoisotopic (exact) mass is 158 g/mol. The molecule has 10 heavy (non-hydrogen) atoms. The van der Waals surface area contributed by atoms with E-state index in [9.17, 15) is 4.79 Å². The minimum Gasteiger partial charge on any atom is -0.401 e. The van der Waals surface area contributed by atoms with Gasteiger partial charge in [-0.1, -0.05) is 6.58 Å². The number of nitrogens with two attached hydrogens (primary N) is 1. The van der Waals surface area contributed by atoms with Crippen molar-refractivity contribution in [1.82, 2.24) is 0 Å². The van der Waals surface area contributed by atoms with Crippen LogP contribution in [0.1, 0.15) is 0 Å². The van der Waals surface area contributed by atoms with Crippen molar-refractivity contribution in [2.75, 3.05) is 5.88 Å². The standard InChI is InChI=1S/C6H7ClN2O/c1-4(9)5(3-8)6(10)2-7/h5H,1-2,9H2/t5-/m1/s1. The Labute approximate surface area is 64.1 Å². The number of nitriles is 1. The molecule has 0 aliphatic rings. The molecule has 0 unspecified atom stereocenters. The Hall–Kier alpha value is -1.01. The average molecular weight is 159 g/mol. The van der Waals surface area contributed by atoms with Gasteiger partial charge in [-0.3, -0.25) is 4.79 Å². The zero-order valence-electron chi connectivity index (χ0n) is 5.30. The molecule has 0 heterocycles. The normalized spacial score (nSPS) is 11.6. The first-order chi connectivity index (χ1) is 4.63. The third kappa shape index (κ3) is 2.08. The molecule has 1 atom stereocenters. The van der Waals surface area contributed by atoms with Gasteiger partial charge in [0.15, 0.2) is 5.78 Å². The Morgan fingerprint density at radius 1 is 1.90 bits per heavy atom. The minimum atomic E-state index is -0.947. The van der Waals surface area contributed by atoms with E-state index in [-0.39, 0.29) is 11.6 Å². The summed E-state index contributed by atoms with van der Waals surface area (Å²) < 4.78 is 0. The van der Waals surface area contributed by atoms with Gasteiger partial charge in [0, 0.05) is 5.70 Å². The fraction of sp³-hybridized carbons (Fsp3) is 0.333. The molecule has 0 fully saturated rings. The number of hydrogen-bond acceptors (Lipinski definition) is 3. The Balaban J connectivity index is 4.25. The maximum atomic E-state index is 10.7. The zero-order chi connectivity index (χ0) is 8.15. The summed E-state index contributed by atoms with van der Waals surface area (Å²) in [5.41, 5.74) is 5.18. The topological polar surface area (TPSA) is 66.9 Å². The summed E-state index contributed by atoms with van der Waals surface area (Å²) in [7, 11) is 0. The summed E-state index contributed by atoms with van der Waals surface area (Å²) in [5, 5.41) is 8.33. The number of ketones is 1. The van der Waals surface area contributed by atoms with E-state index in [4.69, 9.17) is 22.6 Å². The van der Waals surface area contributed by atoms with E-state index >= 15 is 0 Å². The summed E-state index contributed by atoms with van der Waals surface area (Å²) >= 11 is 5.17. The quantitative estimate of drug-likeness (QED) is 0.605. The molecule has 0 aromatic carbocycles. The smallest absolute Gasteiger partial charge is 0.170 e. The van der Waals surface area contributed by atoms with Crippen LogP contribution in [0.5, 0.6) is 0 Å². The number of allylic oxidation sites excluding steroid dienone is 1. The van der Waals surface area contributed by atoms with Gasteiger partial charge in [-0.25, -0.2) is 0 Å². The molecule has 0 aromatic heterocycles. The average Bonchev–Trinajstić information content (AvgIpc) is 1.88. The first-order valence-corrected chi connectivity index (χ1v) is 3.09. The molecule has 0 saturated heterocycles. The number of alkyl halides is 1. The second-order valence-electron chi connectivity index (χ2n) is 1.74. The van der Waals surface area contributed by atoms with E-state index in [1.807, 2.05) is 0 Å². The first-order valence-electron chi connectivity index (χ1n) is 2.56. The lowest BCUT2D eigenvalue weighted by Crippen LogP contribution is -2.20. The van der Waals surface area contributed by atoms with Crippen molar-refractivity contribution < 1.29 is 4.79 Å². The van der Waals surface area contributed by atoms with Gasteiger partial charge in [0.25, 0.3) is 0 Å². The molecule has 0 spiro atoms. The minimum absolute atomic E-state index is 0.0492. The van der Waals surface area contributed by atoms with E-state index in [0.717, 1.165) is 0 Å². The summed E-state index contributed by atoms with van der Waals surface area (Å²) in [6.45, 7) is 3.27. The van der Waals surface area contributed by atoms with E-state index in [2.05, 4.69) is 6.58 Å². The van der Waals surface area contributed by atoms with Gasteiger partial charge in [0.1, 0.15) is 5.92 Å². The van der Waals surface area contributed by atoms with Crippen molar-refractivity contribution in [2.45, 2.75) is 0 Å². The third-order valence-electron chi connectivity index (χ3n) is 0.954. The highest BCUT2D eigenvalue weighted by Crippen LogP contribution is 2.03. The maximum Gasteiger partial charge on any atom is 0.170 e. The van der Waals surface area contributed by atoms with Gasteiger partial charge in [-0.05, 0) is 0 Å². The number of halogens is 1. The van der Waals surface area contributed by atoms with Gasteiger partial charge in [0.05, 0.1) is 11.9 Å². The van der Waals surface area contributed by atoms with Crippen molar-refractivity contribution in [1.29, 1.82) is 5.26 Å². The highest BCUT2D eigenvalue weighted by molar-refractivity contribution is 6.28. The number of Topliss-reactive ketones (excluding diaryl/α,β-unsaturated/α-hetero) is 1. The van der Waals surface area contributed by atoms with Crippen LogP contribution in [-0.4, -0.2) is 11.7 Å². The molecule has 0 rings (SSSR count). The van der Waals surface area contributed by atoms with Crippen molar-refractivity contribution in [3.05, 3.63) is 12.3 Å². The van der Waals surface area contributed by atoms with Gasteiger partial charge in [0.2, 0.25) is 0 Å². The second-order valence-corrected chi connectivity index (χ2v) is 2.00. The molecular formula is C6H7ClN2O. The third-order valence-corrected chi connectivity index (χ3v) is 1.22. The van der Waals surface area contributed by atoms with Crippen molar-refractivity contribution in [3.63, 3.8) is 0 Å². The van der Waals surface area contributed by atoms with Gasteiger partial charge in [-0.2, -0.15) is 5.26 Å².